The molecule has 0 aliphatic rings. The third-order valence-electron chi connectivity index (χ3n) is 4.82. The smallest absolute Gasteiger partial charge is 0.279 e. The highest BCUT2D eigenvalue weighted by molar-refractivity contribution is 7.15. The quantitative estimate of drug-likeness (QED) is 0.399. The largest absolute Gasteiger partial charge is 0.296 e. The van der Waals surface area contributed by atoms with Crippen LogP contribution in [0.2, 0.25) is 10.0 Å². The molecule has 2 heterocycles. The Kier molecular flexibility index (Phi) is 6.09. The van der Waals surface area contributed by atoms with Gasteiger partial charge in [-0.3, -0.25) is 10.1 Å². The van der Waals surface area contributed by atoms with Gasteiger partial charge in [-0.15, -0.1) is 16.4 Å². The molecule has 1 amide bonds. The van der Waals surface area contributed by atoms with Crippen LogP contribution in [-0.4, -0.2) is 25.9 Å². The molecular formula is C22H19Cl2N5OS. The Hall–Kier alpha value is -2.74. The molecule has 1 N–H and O–H groups in total. The first-order valence-corrected chi connectivity index (χ1v) is 11.1. The van der Waals surface area contributed by atoms with Crippen LogP contribution < -0.4 is 5.32 Å². The SMILES string of the molecule is Cc1cccc(-n2nnc(C(=O)Nc3nc(C)c(Cc4ccc(Cl)c(Cl)c4)s3)c2C)c1. The zero-order valence-electron chi connectivity index (χ0n) is 17.1. The molecule has 0 atom stereocenters. The van der Waals surface area contributed by atoms with E-state index < -0.39 is 0 Å². The van der Waals surface area contributed by atoms with Crippen LogP contribution in [0.1, 0.15) is 37.9 Å². The van der Waals surface area contributed by atoms with Crippen molar-refractivity contribution in [2.75, 3.05) is 5.32 Å². The number of aryl methyl sites for hydroxylation is 2. The Morgan fingerprint density at radius 2 is 1.90 bits per heavy atom. The molecule has 0 aliphatic heterocycles. The number of halogens is 2. The third kappa shape index (κ3) is 4.63. The molecule has 9 heteroatoms. The number of hydrogen-bond donors (Lipinski definition) is 1. The van der Waals surface area contributed by atoms with E-state index in [9.17, 15) is 4.79 Å². The van der Waals surface area contributed by atoms with Crippen LogP contribution in [0.4, 0.5) is 5.13 Å². The number of rotatable bonds is 5. The summed E-state index contributed by atoms with van der Waals surface area (Å²) in [6.07, 6.45) is 0.652. The molecule has 0 saturated heterocycles. The summed E-state index contributed by atoms with van der Waals surface area (Å²) < 4.78 is 1.66. The third-order valence-corrected chi connectivity index (χ3v) is 6.63. The highest BCUT2D eigenvalue weighted by Crippen LogP contribution is 2.28. The van der Waals surface area contributed by atoms with Gasteiger partial charge in [-0.2, -0.15) is 0 Å². The van der Waals surface area contributed by atoms with Crippen molar-refractivity contribution < 1.29 is 4.79 Å². The normalized spacial score (nSPS) is 11.0. The number of nitrogens with zero attached hydrogens (tertiary/aromatic N) is 4. The number of carbonyl (C=O) groups is 1. The first-order valence-electron chi connectivity index (χ1n) is 9.52. The maximum atomic E-state index is 12.8. The standard InChI is InChI=1S/C22H19Cl2N5OS/c1-12-5-4-6-16(9-12)29-14(3)20(27-28-29)21(30)26-22-25-13(2)19(31-22)11-15-7-8-17(23)18(24)10-15/h4-10H,11H2,1-3H3,(H,25,26,30). The second-order valence-electron chi connectivity index (χ2n) is 7.18. The zero-order valence-corrected chi connectivity index (χ0v) is 19.4. The number of carbonyl (C=O) groups excluding carboxylic acids is 1. The van der Waals surface area contributed by atoms with Gasteiger partial charge in [0.15, 0.2) is 10.8 Å². The lowest BCUT2D eigenvalue weighted by Gasteiger charge is -2.04. The second kappa shape index (κ2) is 8.78. The number of hydrogen-bond acceptors (Lipinski definition) is 5. The van der Waals surface area contributed by atoms with Gasteiger partial charge in [-0.25, -0.2) is 9.67 Å². The summed E-state index contributed by atoms with van der Waals surface area (Å²) in [5, 5.41) is 12.6. The van der Waals surface area contributed by atoms with E-state index in [4.69, 9.17) is 23.2 Å². The van der Waals surface area contributed by atoms with Crippen molar-refractivity contribution in [1.29, 1.82) is 0 Å². The van der Waals surface area contributed by atoms with Crippen molar-refractivity contribution >= 4 is 45.6 Å². The van der Waals surface area contributed by atoms with Crippen molar-refractivity contribution in [2.45, 2.75) is 27.2 Å². The summed E-state index contributed by atoms with van der Waals surface area (Å²) in [5.74, 6) is -0.341. The lowest BCUT2D eigenvalue weighted by Crippen LogP contribution is -2.14. The molecule has 2 aromatic heterocycles. The molecule has 6 nitrogen and oxygen atoms in total. The minimum atomic E-state index is -0.341. The van der Waals surface area contributed by atoms with E-state index in [1.54, 1.807) is 10.7 Å². The molecule has 31 heavy (non-hydrogen) atoms. The predicted octanol–water partition coefficient (Wildman–Crippen LogP) is 5.80. The van der Waals surface area contributed by atoms with E-state index in [0.717, 1.165) is 27.4 Å². The van der Waals surface area contributed by atoms with Gasteiger partial charge in [0.05, 0.1) is 27.1 Å². The van der Waals surface area contributed by atoms with Gasteiger partial charge >= 0.3 is 0 Å². The van der Waals surface area contributed by atoms with Crippen LogP contribution in [0.15, 0.2) is 42.5 Å². The first kappa shape index (κ1) is 21.5. The minimum absolute atomic E-state index is 0.264. The summed E-state index contributed by atoms with van der Waals surface area (Å²) in [6, 6.07) is 13.4. The summed E-state index contributed by atoms with van der Waals surface area (Å²) in [4.78, 5) is 18.3. The monoisotopic (exact) mass is 471 g/mol. The number of aromatic nitrogens is 4. The van der Waals surface area contributed by atoms with Crippen molar-refractivity contribution in [3.63, 3.8) is 0 Å². The molecule has 0 aliphatic carbocycles. The Morgan fingerprint density at radius 1 is 1.10 bits per heavy atom. The van der Waals surface area contributed by atoms with Gasteiger partial charge in [0, 0.05) is 11.3 Å². The van der Waals surface area contributed by atoms with Crippen molar-refractivity contribution in [3.05, 3.63) is 85.6 Å². The molecule has 4 aromatic rings. The van der Waals surface area contributed by atoms with Gasteiger partial charge in [0.2, 0.25) is 0 Å². The van der Waals surface area contributed by atoms with Crippen LogP contribution in [0, 0.1) is 20.8 Å². The van der Waals surface area contributed by atoms with E-state index in [2.05, 4.69) is 20.6 Å². The number of benzene rings is 2. The van der Waals surface area contributed by atoms with E-state index in [0.29, 0.717) is 27.3 Å². The van der Waals surface area contributed by atoms with Crippen molar-refractivity contribution in [2.24, 2.45) is 0 Å². The second-order valence-corrected chi connectivity index (χ2v) is 9.08. The average Bonchev–Trinajstić information content (AvgIpc) is 3.27. The maximum Gasteiger partial charge on any atom is 0.279 e. The summed E-state index contributed by atoms with van der Waals surface area (Å²) in [6.45, 7) is 5.74. The molecule has 2 aromatic carbocycles. The maximum absolute atomic E-state index is 12.8. The fourth-order valence-corrected chi connectivity index (χ4v) is 4.49. The van der Waals surface area contributed by atoms with E-state index in [1.807, 2.05) is 57.2 Å². The van der Waals surface area contributed by atoms with Crippen molar-refractivity contribution in [1.82, 2.24) is 20.0 Å². The van der Waals surface area contributed by atoms with Crippen LogP contribution in [0.25, 0.3) is 5.69 Å². The van der Waals surface area contributed by atoms with Gasteiger partial charge in [0.1, 0.15) is 0 Å². The number of anilines is 1. The highest BCUT2D eigenvalue weighted by atomic mass is 35.5. The lowest BCUT2D eigenvalue weighted by atomic mass is 10.1. The lowest BCUT2D eigenvalue weighted by molar-refractivity contribution is 0.102. The van der Waals surface area contributed by atoms with E-state index in [1.165, 1.54) is 11.3 Å². The number of thiazole rings is 1. The Morgan fingerprint density at radius 3 is 2.65 bits per heavy atom. The Labute approximate surface area is 193 Å². The molecule has 0 saturated carbocycles. The summed E-state index contributed by atoms with van der Waals surface area (Å²) >= 11 is 13.5. The summed E-state index contributed by atoms with van der Waals surface area (Å²) in [5.41, 5.74) is 4.76. The number of amides is 1. The molecule has 0 fully saturated rings. The predicted molar refractivity (Wildman–Crippen MR) is 125 cm³/mol. The molecule has 158 valence electrons. The highest BCUT2D eigenvalue weighted by Gasteiger charge is 2.19. The molecule has 0 spiro atoms. The molecule has 0 radical (unpaired) electrons. The molecular weight excluding hydrogens is 453 g/mol. The average molecular weight is 472 g/mol. The van der Waals surface area contributed by atoms with Crippen LogP contribution in [0.5, 0.6) is 0 Å². The van der Waals surface area contributed by atoms with Gasteiger partial charge in [-0.1, -0.05) is 46.6 Å². The van der Waals surface area contributed by atoms with Crippen molar-refractivity contribution in [3.8, 4) is 5.69 Å². The fraction of sp³-hybridized carbons (Fsp3) is 0.182. The Balaban J connectivity index is 1.52. The van der Waals surface area contributed by atoms with Gasteiger partial charge in [0.25, 0.3) is 5.91 Å². The van der Waals surface area contributed by atoms with Crippen LogP contribution >= 0.6 is 34.5 Å². The summed E-state index contributed by atoms with van der Waals surface area (Å²) in [7, 11) is 0. The zero-order chi connectivity index (χ0) is 22.1. The molecule has 0 bridgehead atoms. The molecule has 0 unspecified atom stereocenters. The minimum Gasteiger partial charge on any atom is -0.296 e. The first-order chi connectivity index (χ1) is 14.8. The van der Waals surface area contributed by atoms with E-state index >= 15 is 0 Å². The number of nitrogens with one attached hydrogen (secondary N) is 1. The Bertz CT molecular complexity index is 1280. The van der Waals surface area contributed by atoms with Gasteiger partial charge < -0.3 is 0 Å². The molecule has 4 rings (SSSR count). The topological polar surface area (TPSA) is 72.7 Å². The fourth-order valence-electron chi connectivity index (χ4n) is 3.18. The van der Waals surface area contributed by atoms with E-state index in [-0.39, 0.29) is 11.6 Å². The van der Waals surface area contributed by atoms with Crippen LogP contribution in [-0.2, 0) is 6.42 Å². The van der Waals surface area contributed by atoms with Gasteiger partial charge in [-0.05, 0) is 56.2 Å². The van der Waals surface area contributed by atoms with Crippen LogP contribution in [0.3, 0.4) is 0 Å².